The molecule has 0 aliphatic rings. The van der Waals surface area contributed by atoms with Gasteiger partial charge in [0.15, 0.2) is 11.5 Å². The van der Waals surface area contributed by atoms with E-state index >= 15 is 0 Å². The van der Waals surface area contributed by atoms with Crippen molar-refractivity contribution in [3.8, 4) is 11.5 Å². The van der Waals surface area contributed by atoms with E-state index in [-0.39, 0.29) is 11.9 Å². The zero-order valence-electron chi connectivity index (χ0n) is 14.8. The second-order valence-electron chi connectivity index (χ2n) is 5.78. The van der Waals surface area contributed by atoms with Crippen molar-refractivity contribution in [3.05, 3.63) is 64.0 Å². The standard InChI is InChI=1S/C19H20N2O4S/c1-12-4-6-16(25-12)13(2)21-19(22)14-5-7-17(18(8-14)23-3)24-9-15-10-26-11-20-15/h4-8,10-11,13H,9H2,1-3H3,(H,21,22). The molecule has 0 bridgehead atoms. The van der Waals surface area contributed by atoms with E-state index in [0.29, 0.717) is 29.4 Å². The number of aryl methyl sites for hydroxylation is 1. The first kappa shape index (κ1) is 18.0. The fraction of sp³-hybridized carbons (Fsp3) is 0.263. The van der Waals surface area contributed by atoms with Crippen molar-refractivity contribution in [3.63, 3.8) is 0 Å². The Balaban J connectivity index is 1.68. The minimum absolute atomic E-state index is 0.212. The van der Waals surface area contributed by atoms with Crippen LogP contribution in [0.15, 0.2) is 45.6 Å². The fourth-order valence-corrected chi connectivity index (χ4v) is 2.97. The molecule has 1 amide bonds. The number of aromatic nitrogens is 1. The molecule has 0 aliphatic heterocycles. The van der Waals surface area contributed by atoms with Gasteiger partial charge in [0.2, 0.25) is 0 Å². The number of furan rings is 1. The molecular formula is C19H20N2O4S. The maximum absolute atomic E-state index is 12.5. The van der Waals surface area contributed by atoms with Gasteiger partial charge in [-0.25, -0.2) is 4.98 Å². The lowest BCUT2D eigenvalue weighted by Gasteiger charge is -2.14. The molecule has 0 spiro atoms. The third-order valence-corrected chi connectivity index (χ3v) is 4.46. The lowest BCUT2D eigenvalue weighted by Crippen LogP contribution is -2.26. The first-order chi connectivity index (χ1) is 12.6. The van der Waals surface area contributed by atoms with Crippen LogP contribution < -0.4 is 14.8 Å². The molecule has 136 valence electrons. The highest BCUT2D eigenvalue weighted by Crippen LogP contribution is 2.29. The van der Waals surface area contributed by atoms with Gasteiger partial charge in [0.05, 0.1) is 24.4 Å². The molecule has 1 N–H and O–H groups in total. The molecule has 0 saturated carbocycles. The van der Waals surface area contributed by atoms with Gasteiger partial charge in [0.25, 0.3) is 5.91 Å². The predicted octanol–water partition coefficient (Wildman–Crippen LogP) is 4.12. The van der Waals surface area contributed by atoms with Gasteiger partial charge in [-0.05, 0) is 44.2 Å². The molecular weight excluding hydrogens is 352 g/mol. The number of amides is 1. The lowest BCUT2D eigenvalue weighted by molar-refractivity contribution is 0.0934. The highest BCUT2D eigenvalue weighted by atomic mass is 32.1. The Labute approximate surface area is 155 Å². The van der Waals surface area contributed by atoms with E-state index in [0.717, 1.165) is 11.5 Å². The van der Waals surface area contributed by atoms with Gasteiger partial charge in [-0.2, -0.15) is 0 Å². The van der Waals surface area contributed by atoms with Gasteiger partial charge in [-0.15, -0.1) is 11.3 Å². The van der Waals surface area contributed by atoms with Crippen LogP contribution in [0.25, 0.3) is 0 Å². The number of methoxy groups -OCH3 is 1. The number of nitrogens with one attached hydrogen (secondary N) is 1. The molecule has 0 radical (unpaired) electrons. The first-order valence-corrected chi connectivity index (χ1v) is 9.06. The third-order valence-electron chi connectivity index (χ3n) is 3.82. The number of ether oxygens (including phenoxy) is 2. The van der Waals surface area contributed by atoms with Gasteiger partial charge in [-0.3, -0.25) is 4.79 Å². The summed E-state index contributed by atoms with van der Waals surface area (Å²) in [5.74, 6) is 2.37. The van der Waals surface area contributed by atoms with Crippen molar-refractivity contribution in [2.24, 2.45) is 0 Å². The van der Waals surface area contributed by atoms with Gasteiger partial charge >= 0.3 is 0 Å². The van der Waals surface area contributed by atoms with Crippen LogP contribution in [0.5, 0.6) is 11.5 Å². The van der Waals surface area contributed by atoms with Crippen LogP contribution in [0.3, 0.4) is 0 Å². The molecule has 1 aromatic carbocycles. The first-order valence-electron chi connectivity index (χ1n) is 8.12. The summed E-state index contributed by atoms with van der Waals surface area (Å²) in [6.45, 7) is 4.09. The molecule has 6 nitrogen and oxygen atoms in total. The molecule has 1 atom stereocenters. The summed E-state index contributed by atoms with van der Waals surface area (Å²) in [5, 5.41) is 4.84. The van der Waals surface area contributed by atoms with Crippen LogP contribution in [0, 0.1) is 6.92 Å². The van der Waals surface area contributed by atoms with Crippen LogP contribution in [0.1, 0.15) is 40.5 Å². The van der Waals surface area contributed by atoms with Crippen LogP contribution in [-0.2, 0) is 6.61 Å². The second kappa shape index (κ2) is 8.05. The molecule has 3 aromatic rings. The molecule has 0 aliphatic carbocycles. The topological polar surface area (TPSA) is 73.6 Å². The van der Waals surface area contributed by atoms with E-state index in [9.17, 15) is 4.79 Å². The molecule has 1 unspecified atom stereocenters. The normalized spacial score (nSPS) is 11.8. The second-order valence-corrected chi connectivity index (χ2v) is 6.50. The van der Waals surface area contributed by atoms with Gasteiger partial charge in [-0.1, -0.05) is 0 Å². The average Bonchev–Trinajstić information content (AvgIpc) is 3.31. The van der Waals surface area contributed by atoms with Gasteiger partial charge < -0.3 is 19.2 Å². The van der Waals surface area contributed by atoms with Crippen LogP contribution in [0.4, 0.5) is 0 Å². The Morgan fingerprint density at radius 2 is 2.15 bits per heavy atom. The number of nitrogens with zero attached hydrogens (tertiary/aromatic N) is 1. The third kappa shape index (κ3) is 4.23. The average molecular weight is 372 g/mol. The minimum Gasteiger partial charge on any atom is -0.493 e. The summed E-state index contributed by atoms with van der Waals surface area (Å²) in [5.41, 5.74) is 3.09. The Morgan fingerprint density at radius 3 is 2.81 bits per heavy atom. The predicted molar refractivity (Wildman–Crippen MR) is 98.8 cm³/mol. The lowest BCUT2D eigenvalue weighted by atomic mass is 10.1. The number of carbonyl (C=O) groups excluding carboxylic acids is 1. The van der Waals surface area contributed by atoms with Gasteiger partial charge in [0, 0.05) is 10.9 Å². The molecule has 26 heavy (non-hydrogen) atoms. The van der Waals surface area contributed by atoms with E-state index in [1.165, 1.54) is 11.3 Å². The zero-order chi connectivity index (χ0) is 18.5. The fourth-order valence-electron chi connectivity index (χ4n) is 2.43. The van der Waals surface area contributed by atoms with E-state index in [4.69, 9.17) is 13.9 Å². The molecule has 2 aromatic heterocycles. The van der Waals surface area contributed by atoms with Crippen LogP contribution in [-0.4, -0.2) is 18.0 Å². The number of benzene rings is 1. The Bertz CT molecular complexity index is 874. The number of rotatable bonds is 7. The molecule has 3 rings (SSSR count). The zero-order valence-corrected chi connectivity index (χ0v) is 15.6. The minimum atomic E-state index is -0.234. The van der Waals surface area contributed by atoms with Crippen molar-refractivity contribution < 1.29 is 18.7 Å². The maximum Gasteiger partial charge on any atom is 0.252 e. The summed E-state index contributed by atoms with van der Waals surface area (Å²) in [6, 6.07) is 8.58. The quantitative estimate of drug-likeness (QED) is 0.675. The summed E-state index contributed by atoms with van der Waals surface area (Å²) < 4.78 is 16.6. The molecule has 0 saturated heterocycles. The van der Waals surface area contributed by atoms with E-state index in [1.807, 2.05) is 31.4 Å². The maximum atomic E-state index is 12.5. The smallest absolute Gasteiger partial charge is 0.252 e. The molecule has 7 heteroatoms. The van der Waals surface area contributed by atoms with E-state index < -0.39 is 0 Å². The summed E-state index contributed by atoms with van der Waals surface area (Å²) >= 11 is 1.51. The van der Waals surface area contributed by atoms with Crippen molar-refractivity contribution in [2.75, 3.05) is 7.11 Å². The number of carbonyl (C=O) groups is 1. The Kier molecular flexibility index (Phi) is 5.58. The van der Waals surface area contributed by atoms with E-state index in [1.54, 1.807) is 30.8 Å². The molecule has 2 heterocycles. The monoisotopic (exact) mass is 372 g/mol. The van der Waals surface area contributed by atoms with Crippen molar-refractivity contribution in [2.45, 2.75) is 26.5 Å². The number of hydrogen-bond donors (Lipinski definition) is 1. The Morgan fingerprint density at radius 1 is 1.31 bits per heavy atom. The van der Waals surface area contributed by atoms with Gasteiger partial charge in [0.1, 0.15) is 18.1 Å². The largest absolute Gasteiger partial charge is 0.493 e. The highest BCUT2D eigenvalue weighted by molar-refractivity contribution is 7.07. The highest BCUT2D eigenvalue weighted by Gasteiger charge is 2.16. The summed E-state index contributed by atoms with van der Waals surface area (Å²) in [6.07, 6.45) is 0. The van der Waals surface area contributed by atoms with Crippen LogP contribution in [0.2, 0.25) is 0 Å². The Hall–Kier alpha value is -2.80. The van der Waals surface area contributed by atoms with Crippen molar-refractivity contribution in [1.82, 2.24) is 10.3 Å². The summed E-state index contributed by atoms with van der Waals surface area (Å²) in [7, 11) is 1.54. The van der Waals surface area contributed by atoms with Crippen molar-refractivity contribution in [1.29, 1.82) is 0 Å². The molecule has 0 fully saturated rings. The van der Waals surface area contributed by atoms with E-state index in [2.05, 4.69) is 10.3 Å². The van der Waals surface area contributed by atoms with Crippen LogP contribution >= 0.6 is 11.3 Å². The van der Waals surface area contributed by atoms with Crippen molar-refractivity contribution >= 4 is 17.2 Å². The number of hydrogen-bond acceptors (Lipinski definition) is 6. The summed E-state index contributed by atoms with van der Waals surface area (Å²) in [4.78, 5) is 16.7. The number of thiazole rings is 1. The SMILES string of the molecule is COc1cc(C(=O)NC(C)c2ccc(C)o2)ccc1OCc1cscn1.